The van der Waals surface area contributed by atoms with Gasteiger partial charge in [-0.2, -0.15) is 5.26 Å². The summed E-state index contributed by atoms with van der Waals surface area (Å²) >= 11 is 0. The molecule has 0 atom stereocenters. The van der Waals surface area contributed by atoms with Crippen molar-refractivity contribution in [2.24, 2.45) is 5.73 Å². The molecule has 0 unspecified atom stereocenters. The molecule has 0 saturated heterocycles. The van der Waals surface area contributed by atoms with Crippen LogP contribution in [-0.4, -0.2) is 33.3 Å². The number of methoxy groups -OCH3 is 2. The Balaban J connectivity index is 2.47. The van der Waals surface area contributed by atoms with Gasteiger partial charge in [0, 0.05) is 12.5 Å². The summed E-state index contributed by atoms with van der Waals surface area (Å²) in [6.07, 6.45) is 2.37. The standard InChI is InChI=1S/C23H27N3O4/c1-4-30-22-15-17(8-10-21(22)29-3)18(11-13-25)16-7-9-20(28-2)19(14-16)26-23(27)6-5-12-24/h7-11,14-15H,4-6,12,24H2,1-3H3,(H,26,27)/b18-11-. The number of anilines is 1. The average molecular weight is 409 g/mol. The summed E-state index contributed by atoms with van der Waals surface area (Å²) in [7, 11) is 3.11. The Morgan fingerprint density at radius 2 is 1.77 bits per heavy atom. The highest BCUT2D eigenvalue weighted by Crippen LogP contribution is 2.35. The van der Waals surface area contributed by atoms with Gasteiger partial charge in [-0.05, 0) is 60.9 Å². The maximum atomic E-state index is 12.2. The lowest BCUT2D eigenvalue weighted by atomic mass is 9.96. The second-order valence-corrected chi connectivity index (χ2v) is 6.34. The summed E-state index contributed by atoms with van der Waals surface area (Å²) in [5.41, 5.74) is 8.22. The van der Waals surface area contributed by atoms with Gasteiger partial charge in [0.2, 0.25) is 5.91 Å². The Morgan fingerprint density at radius 1 is 1.10 bits per heavy atom. The first-order chi connectivity index (χ1) is 14.6. The third-order valence-electron chi connectivity index (χ3n) is 4.38. The number of hydrogen-bond acceptors (Lipinski definition) is 6. The van der Waals surface area contributed by atoms with E-state index in [2.05, 4.69) is 11.4 Å². The molecular weight excluding hydrogens is 382 g/mol. The van der Waals surface area contributed by atoms with Gasteiger partial charge in [-0.25, -0.2) is 0 Å². The molecule has 3 N–H and O–H groups in total. The van der Waals surface area contributed by atoms with E-state index in [9.17, 15) is 10.1 Å². The molecule has 2 aromatic rings. The van der Waals surface area contributed by atoms with Crippen LogP contribution in [0, 0.1) is 11.3 Å². The summed E-state index contributed by atoms with van der Waals surface area (Å²) in [4.78, 5) is 12.2. The molecule has 7 nitrogen and oxygen atoms in total. The van der Waals surface area contributed by atoms with Crippen LogP contribution in [-0.2, 0) is 4.79 Å². The number of benzene rings is 2. The molecule has 7 heteroatoms. The number of nitriles is 1. The minimum Gasteiger partial charge on any atom is -0.495 e. The molecule has 2 aromatic carbocycles. The minimum atomic E-state index is -0.148. The molecule has 0 spiro atoms. The normalized spacial score (nSPS) is 10.8. The number of hydrogen-bond donors (Lipinski definition) is 2. The number of amides is 1. The van der Waals surface area contributed by atoms with E-state index in [0.717, 1.165) is 11.1 Å². The Hall–Kier alpha value is -3.50. The van der Waals surface area contributed by atoms with E-state index >= 15 is 0 Å². The van der Waals surface area contributed by atoms with Crippen molar-refractivity contribution in [1.82, 2.24) is 0 Å². The molecule has 0 bridgehead atoms. The van der Waals surface area contributed by atoms with Crippen molar-refractivity contribution < 1.29 is 19.0 Å². The third kappa shape index (κ3) is 5.75. The lowest BCUT2D eigenvalue weighted by Crippen LogP contribution is -2.14. The first-order valence-corrected chi connectivity index (χ1v) is 9.67. The molecule has 0 aliphatic heterocycles. The van der Waals surface area contributed by atoms with Crippen LogP contribution in [0.2, 0.25) is 0 Å². The van der Waals surface area contributed by atoms with Crippen LogP contribution in [0.5, 0.6) is 17.2 Å². The molecule has 1 amide bonds. The summed E-state index contributed by atoms with van der Waals surface area (Å²) in [5, 5.41) is 12.2. The monoisotopic (exact) mass is 409 g/mol. The predicted octanol–water partition coefficient (Wildman–Crippen LogP) is 3.74. The van der Waals surface area contributed by atoms with Crippen LogP contribution in [0.15, 0.2) is 42.5 Å². The summed E-state index contributed by atoms with van der Waals surface area (Å²) in [5.74, 6) is 1.58. The maximum absolute atomic E-state index is 12.2. The van der Waals surface area contributed by atoms with E-state index in [1.807, 2.05) is 25.1 Å². The topological polar surface area (TPSA) is 107 Å². The van der Waals surface area contributed by atoms with Crippen LogP contribution >= 0.6 is 0 Å². The summed E-state index contributed by atoms with van der Waals surface area (Å²) in [6.45, 7) is 2.82. The predicted molar refractivity (Wildman–Crippen MR) is 117 cm³/mol. The van der Waals surface area contributed by atoms with Gasteiger partial charge in [0.05, 0.1) is 32.6 Å². The fourth-order valence-electron chi connectivity index (χ4n) is 2.96. The second kappa shape index (κ2) is 11.5. The molecule has 0 aromatic heterocycles. The van der Waals surface area contributed by atoms with Crippen LogP contribution in [0.4, 0.5) is 5.69 Å². The maximum Gasteiger partial charge on any atom is 0.224 e. The molecule has 0 aliphatic carbocycles. The first-order valence-electron chi connectivity index (χ1n) is 9.67. The van der Waals surface area contributed by atoms with Crippen molar-refractivity contribution in [3.8, 4) is 23.3 Å². The van der Waals surface area contributed by atoms with Crippen LogP contribution in [0.3, 0.4) is 0 Å². The number of carbonyl (C=O) groups excluding carboxylic acids is 1. The van der Waals surface area contributed by atoms with Gasteiger partial charge in [-0.15, -0.1) is 0 Å². The van der Waals surface area contributed by atoms with Crippen molar-refractivity contribution in [3.63, 3.8) is 0 Å². The fourth-order valence-corrected chi connectivity index (χ4v) is 2.96. The summed E-state index contributed by atoms with van der Waals surface area (Å²) < 4.78 is 16.4. The molecule has 2 rings (SSSR count). The molecule has 0 saturated carbocycles. The van der Waals surface area contributed by atoms with E-state index < -0.39 is 0 Å². The fraction of sp³-hybridized carbons (Fsp3) is 0.304. The molecule has 0 heterocycles. The van der Waals surface area contributed by atoms with Gasteiger partial charge in [0.15, 0.2) is 11.5 Å². The van der Waals surface area contributed by atoms with Crippen molar-refractivity contribution in [2.75, 3.05) is 32.7 Å². The summed E-state index contributed by atoms with van der Waals surface area (Å²) in [6, 6.07) is 13.0. The zero-order valence-electron chi connectivity index (χ0n) is 17.5. The minimum absolute atomic E-state index is 0.148. The number of nitrogens with two attached hydrogens (primary N) is 1. The lowest BCUT2D eigenvalue weighted by molar-refractivity contribution is -0.116. The number of nitrogens with zero attached hydrogens (tertiary/aromatic N) is 1. The van der Waals surface area contributed by atoms with Crippen LogP contribution < -0.4 is 25.3 Å². The Bertz CT molecular complexity index is 948. The van der Waals surface area contributed by atoms with Crippen molar-refractivity contribution in [3.05, 3.63) is 53.6 Å². The zero-order valence-corrected chi connectivity index (χ0v) is 17.5. The molecule has 30 heavy (non-hydrogen) atoms. The van der Waals surface area contributed by atoms with E-state index in [4.69, 9.17) is 19.9 Å². The molecular formula is C23H27N3O4. The van der Waals surface area contributed by atoms with Gasteiger partial charge in [0.25, 0.3) is 0 Å². The van der Waals surface area contributed by atoms with Gasteiger partial charge in [-0.3, -0.25) is 4.79 Å². The lowest BCUT2D eigenvalue weighted by Gasteiger charge is -2.15. The smallest absolute Gasteiger partial charge is 0.224 e. The molecule has 158 valence electrons. The van der Waals surface area contributed by atoms with Crippen molar-refractivity contribution in [1.29, 1.82) is 5.26 Å². The largest absolute Gasteiger partial charge is 0.495 e. The molecule has 0 radical (unpaired) electrons. The van der Waals surface area contributed by atoms with E-state index in [-0.39, 0.29) is 5.91 Å². The SMILES string of the molecule is CCOc1cc(/C(=C\C#N)c2ccc(OC)c(NC(=O)CCCN)c2)ccc1OC. The van der Waals surface area contributed by atoms with E-state index in [1.54, 1.807) is 25.3 Å². The van der Waals surface area contributed by atoms with Gasteiger partial charge < -0.3 is 25.3 Å². The highest BCUT2D eigenvalue weighted by Gasteiger charge is 2.14. The van der Waals surface area contributed by atoms with E-state index in [0.29, 0.717) is 54.5 Å². The van der Waals surface area contributed by atoms with E-state index in [1.165, 1.54) is 13.2 Å². The average Bonchev–Trinajstić information content (AvgIpc) is 2.76. The van der Waals surface area contributed by atoms with Gasteiger partial charge in [-0.1, -0.05) is 12.1 Å². The quantitative estimate of drug-likeness (QED) is 0.579. The second-order valence-electron chi connectivity index (χ2n) is 6.34. The Kier molecular flexibility index (Phi) is 8.73. The molecule has 0 fully saturated rings. The van der Waals surface area contributed by atoms with Crippen molar-refractivity contribution >= 4 is 17.2 Å². The number of carbonyl (C=O) groups is 1. The Labute approximate surface area is 177 Å². The first kappa shape index (κ1) is 22.8. The number of ether oxygens (including phenoxy) is 3. The Morgan fingerprint density at radius 3 is 2.37 bits per heavy atom. The van der Waals surface area contributed by atoms with Crippen LogP contribution in [0.25, 0.3) is 5.57 Å². The number of allylic oxidation sites excluding steroid dienone is 1. The number of rotatable bonds is 10. The van der Waals surface area contributed by atoms with Crippen molar-refractivity contribution in [2.45, 2.75) is 19.8 Å². The van der Waals surface area contributed by atoms with Gasteiger partial charge in [0.1, 0.15) is 5.75 Å². The zero-order chi connectivity index (χ0) is 21.9. The van der Waals surface area contributed by atoms with Gasteiger partial charge >= 0.3 is 0 Å². The number of nitrogens with one attached hydrogen (secondary N) is 1. The molecule has 0 aliphatic rings. The highest BCUT2D eigenvalue weighted by atomic mass is 16.5. The third-order valence-corrected chi connectivity index (χ3v) is 4.38. The van der Waals surface area contributed by atoms with Crippen LogP contribution in [0.1, 0.15) is 30.9 Å². The highest BCUT2D eigenvalue weighted by molar-refractivity contribution is 5.94.